The van der Waals surface area contributed by atoms with Gasteiger partial charge in [-0.05, 0) is 31.5 Å². The maximum absolute atomic E-state index is 11.9. The molecule has 2 N–H and O–H groups in total. The van der Waals surface area contributed by atoms with E-state index in [-0.39, 0.29) is 0 Å². The first-order valence-corrected chi connectivity index (χ1v) is 8.64. The number of carbonyl (C=O) groups is 1. The maximum Gasteiger partial charge on any atom is 0.339 e. The number of carbonyl (C=O) groups excluding carboxylic acids is 1. The van der Waals surface area contributed by atoms with Crippen molar-refractivity contribution in [2.75, 3.05) is 17.7 Å². The molecule has 27 heavy (non-hydrogen) atoms. The molecule has 3 aromatic rings. The van der Waals surface area contributed by atoms with Gasteiger partial charge in [-0.25, -0.2) is 9.78 Å². The van der Waals surface area contributed by atoms with Crippen molar-refractivity contribution in [2.24, 2.45) is 0 Å². The number of ether oxygens (including phenoxy) is 1. The predicted molar refractivity (Wildman–Crippen MR) is 106 cm³/mol. The Morgan fingerprint density at radius 3 is 2.52 bits per heavy atom. The van der Waals surface area contributed by atoms with Crippen LogP contribution in [0.25, 0.3) is 0 Å². The molecule has 0 atom stereocenters. The minimum atomic E-state index is -0.401. The average molecular weight is 362 g/mol. The topological polar surface area (TPSA) is 76.1 Å². The van der Waals surface area contributed by atoms with Crippen molar-refractivity contribution in [1.82, 2.24) is 9.97 Å². The Bertz CT molecular complexity index is 939. The van der Waals surface area contributed by atoms with Gasteiger partial charge in [-0.3, -0.25) is 0 Å². The van der Waals surface area contributed by atoms with Gasteiger partial charge in [0, 0.05) is 18.3 Å². The highest BCUT2D eigenvalue weighted by atomic mass is 16.5. The molecule has 0 unspecified atom stereocenters. The number of hydrogen-bond acceptors (Lipinski definition) is 6. The van der Waals surface area contributed by atoms with Gasteiger partial charge in [0.25, 0.3) is 0 Å². The Morgan fingerprint density at radius 2 is 1.78 bits per heavy atom. The molecule has 0 fully saturated rings. The number of hydrogen-bond donors (Lipinski definition) is 2. The van der Waals surface area contributed by atoms with Crippen molar-refractivity contribution in [3.05, 3.63) is 77.0 Å². The van der Waals surface area contributed by atoms with Crippen LogP contribution in [0.1, 0.15) is 27.2 Å². The summed E-state index contributed by atoms with van der Waals surface area (Å²) in [6, 6.07) is 17.3. The van der Waals surface area contributed by atoms with Gasteiger partial charge in [-0.1, -0.05) is 42.0 Å². The first-order valence-electron chi connectivity index (χ1n) is 8.64. The molecule has 0 saturated heterocycles. The third-order valence-corrected chi connectivity index (χ3v) is 4.02. The molecule has 0 spiro atoms. The van der Waals surface area contributed by atoms with E-state index in [0.717, 1.165) is 11.3 Å². The number of nitrogens with one attached hydrogen (secondary N) is 2. The van der Waals surface area contributed by atoms with E-state index in [1.54, 1.807) is 12.1 Å². The number of benzene rings is 2. The van der Waals surface area contributed by atoms with Crippen LogP contribution in [-0.4, -0.2) is 23.0 Å². The van der Waals surface area contributed by atoms with Gasteiger partial charge in [0.1, 0.15) is 5.82 Å². The number of aryl methyl sites for hydroxylation is 2. The van der Waals surface area contributed by atoms with Gasteiger partial charge in [-0.2, -0.15) is 4.98 Å². The highest BCUT2D eigenvalue weighted by Gasteiger charge is 2.12. The summed E-state index contributed by atoms with van der Waals surface area (Å²) in [5, 5.41) is 6.42. The monoisotopic (exact) mass is 362 g/mol. The summed E-state index contributed by atoms with van der Waals surface area (Å²) in [4.78, 5) is 20.9. The lowest BCUT2D eigenvalue weighted by Gasteiger charge is -2.12. The SMILES string of the molecule is COC(=O)c1ccccc1Nc1cc(C)nc(NCc2ccc(C)cc2)n1. The summed E-state index contributed by atoms with van der Waals surface area (Å²) < 4.78 is 4.83. The Kier molecular flexibility index (Phi) is 5.66. The summed E-state index contributed by atoms with van der Waals surface area (Å²) in [6.07, 6.45) is 0. The third kappa shape index (κ3) is 4.82. The van der Waals surface area contributed by atoms with Gasteiger partial charge in [0.15, 0.2) is 0 Å². The lowest BCUT2D eigenvalue weighted by atomic mass is 10.1. The second kappa shape index (κ2) is 8.31. The molecule has 6 heteroatoms. The molecule has 0 aliphatic carbocycles. The van der Waals surface area contributed by atoms with Crippen LogP contribution < -0.4 is 10.6 Å². The molecule has 138 valence electrons. The molecule has 0 amide bonds. The molecule has 1 aromatic heterocycles. The number of anilines is 3. The normalized spacial score (nSPS) is 10.3. The minimum Gasteiger partial charge on any atom is -0.465 e. The first-order chi connectivity index (χ1) is 13.0. The molecule has 0 aliphatic heterocycles. The zero-order valence-corrected chi connectivity index (χ0v) is 15.6. The van der Waals surface area contributed by atoms with Crippen molar-refractivity contribution in [2.45, 2.75) is 20.4 Å². The highest BCUT2D eigenvalue weighted by Crippen LogP contribution is 2.21. The second-order valence-corrected chi connectivity index (χ2v) is 6.22. The van der Waals surface area contributed by atoms with E-state index in [9.17, 15) is 4.79 Å². The molecule has 0 radical (unpaired) electrons. The lowest BCUT2D eigenvalue weighted by Crippen LogP contribution is -2.08. The fourth-order valence-electron chi connectivity index (χ4n) is 2.62. The average Bonchev–Trinajstić information content (AvgIpc) is 2.67. The van der Waals surface area contributed by atoms with Crippen LogP contribution in [0.15, 0.2) is 54.6 Å². The van der Waals surface area contributed by atoms with E-state index in [2.05, 4.69) is 51.8 Å². The summed E-state index contributed by atoms with van der Waals surface area (Å²) in [7, 11) is 1.36. The van der Waals surface area contributed by atoms with Crippen LogP contribution >= 0.6 is 0 Å². The van der Waals surface area contributed by atoms with Crippen molar-refractivity contribution in [3.8, 4) is 0 Å². The zero-order chi connectivity index (χ0) is 19.2. The standard InChI is InChI=1S/C21H22N4O2/c1-14-8-10-16(11-9-14)13-22-21-23-15(2)12-19(25-21)24-18-7-5-4-6-17(18)20(26)27-3/h4-12H,13H2,1-3H3,(H2,22,23,24,25). The predicted octanol–water partition coefficient (Wildman–Crippen LogP) is 4.24. The van der Waals surface area contributed by atoms with Crippen LogP contribution in [-0.2, 0) is 11.3 Å². The van der Waals surface area contributed by atoms with Crippen LogP contribution in [0, 0.1) is 13.8 Å². The second-order valence-electron chi connectivity index (χ2n) is 6.22. The molecular weight excluding hydrogens is 340 g/mol. The van der Waals surface area contributed by atoms with Gasteiger partial charge in [0.2, 0.25) is 5.95 Å². The van der Waals surface area contributed by atoms with Crippen molar-refractivity contribution in [3.63, 3.8) is 0 Å². The molecule has 0 saturated carbocycles. The number of para-hydroxylation sites is 1. The molecular formula is C21H22N4O2. The Labute approximate surface area is 158 Å². The van der Waals surface area contributed by atoms with Crippen molar-refractivity contribution in [1.29, 1.82) is 0 Å². The Morgan fingerprint density at radius 1 is 1.04 bits per heavy atom. The largest absolute Gasteiger partial charge is 0.465 e. The van der Waals surface area contributed by atoms with Crippen LogP contribution in [0.4, 0.5) is 17.5 Å². The highest BCUT2D eigenvalue weighted by molar-refractivity contribution is 5.96. The molecule has 1 heterocycles. The molecule has 6 nitrogen and oxygen atoms in total. The fourth-order valence-corrected chi connectivity index (χ4v) is 2.62. The maximum atomic E-state index is 11.9. The van der Waals surface area contributed by atoms with Crippen LogP contribution in [0.3, 0.4) is 0 Å². The van der Waals surface area contributed by atoms with E-state index in [4.69, 9.17) is 4.74 Å². The number of rotatable bonds is 6. The van der Waals surface area contributed by atoms with E-state index >= 15 is 0 Å². The van der Waals surface area contributed by atoms with Crippen molar-refractivity contribution >= 4 is 23.4 Å². The summed E-state index contributed by atoms with van der Waals surface area (Å²) in [5.74, 6) is 0.723. The molecule has 0 bridgehead atoms. The van der Waals surface area contributed by atoms with Gasteiger partial charge >= 0.3 is 5.97 Å². The first kappa shape index (κ1) is 18.4. The fraction of sp³-hybridized carbons (Fsp3) is 0.190. The lowest BCUT2D eigenvalue weighted by molar-refractivity contribution is 0.0602. The molecule has 2 aromatic carbocycles. The smallest absolute Gasteiger partial charge is 0.339 e. The number of aromatic nitrogens is 2. The van der Waals surface area contributed by atoms with Gasteiger partial charge in [-0.15, -0.1) is 0 Å². The van der Waals surface area contributed by atoms with Crippen LogP contribution in [0.2, 0.25) is 0 Å². The summed E-state index contributed by atoms with van der Waals surface area (Å²) in [6.45, 7) is 4.59. The van der Waals surface area contributed by atoms with Crippen LogP contribution in [0.5, 0.6) is 0 Å². The Balaban J connectivity index is 1.78. The third-order valence-electron chi connectivity index (χ3n) is 4.02. The zero-order valence-electron chi connectivity index (χ0n) is 15.6. The van der Waals surface area contributed by atoms with E-state index in [1.807, 2.05) is 25.1 Å². The van der Waals surface area contributed by atoms with E-state index in [1.165, 1.54) is 12.7 Å². The van der Waals surface area contributed by atoms with Gasteiger partial charge in [0.05, 0.1) is 18.4 Å². The Hall–Kier alpha value is -3.41. The minimum absolute atomic E-state index is 0.401. The van der Waals surface area contributed by atoms with Crippen molar-refractivity contribution < 1.29 is 9.53 Å². The number of nitrogens with zero attached hydrogens (tertiary/aromatic N) is 2. The molecule has 0 aliphatic rings. The summed E-state index contributed by atoms with van der Waals surface area (Å²) >= 11 is 0. The van der Waals surface area contributed by atoms with E-state index in [0.29, 0.717) is 29.6 Å². The number of esters is 1. The van der Waals surface area contributed by atoms with E-state index < -0.39 is 5.97 Å². The molecule has 3 rings (SSSR count). The summed E-state index contributed by atoms with van der Waals surface area (Å²) in [5.41, 5.74) is 4.27. The quantitative estimate of drug-likeness (QED) is 0.639. The number of methoxy groups -OCH3 is 1. The van der Waals surface area contributed by atoms with Gasteiger partial charge < -0.3 is 15.4 Å².